The van der Waals surface area contributed by atoms with E-state index in [-0.39, 0.29) is 5.82 Å². The molecule has 26 heavy (non-hydrogen) atoms. The van der Waals surface area contributed by atoms with Crippen molar-refractivity contribution in [1.82, 2.24) is 0 Å². The van der Waals surface area contributed by atoms with Crippen LogP contribution in [0.5, 0.6) is 0 Å². The third-order valence-corrected chi connectivity index (χ3v) is 5.19. The Hall–Kier alpha value is -2.27. The van der Waals surface area contributed by atoms with Crippen LogP contribution in [0.4, 0.5) is 21.5 Å². The molecule has 0 amide bonds. The minimum absolute atomic E-state index is 0.171. The summed E-state index contributed by atoms with van der Waals surface area (Å²) in [5.74, 6) is -0.171. The minimum atomic E-state index is -0.171. The van der Waals surface area contributed by atoms with Gasteiger partial charge in [-0.05, 0) is 49.2 Å². The molecule has 2 heterocycles. The maximum atomic E-state index is 13.5. The maximum Gasteiger partial charge on any atom is 0.125 e. The molecular weight excluding hydrogens is 329 g/mol. The third-order valence-electron chi connectivity index (χ3n) is 5.19. The fraction of sp³-hybridized carbons (Fsp3) is 0.429. The Morgan fingerprint density at radius 3 is 2.50 bits per heavy atom. The van der Waals surface area contributed by atoms with Gasteiger partial charge in [-0.15, -0.1) is 0 Å². The monoisotopic (exact) mass is 355 g/mol. The van der Waals surface area contributed by atoms with Crippen LogP contribution in [-0.2, 0) is 4.74 Å². The lowest BCUT2D eigenvalue weighted by Gasteiger charge is -2.35. The number of anilines is 3. The highest BCUT2D eigenvalue weighted by Gasteiger charge is 2.20. The molecule has 0 saturated carbocycles. The number of hydrogen-bond acceptors (Lipinski definition) is 4. The summed E-state index contributed by atoms with van der Waals surface area (Å²) in [5.41, 5.74) is 3.37. The molecular formula is C21H26FN3O. The van der Waals surface area contributed by atoms with Gasteiger partial charge >= 0.3 is 0 Å². The first kappa shape index (κ1) is 17.2. The number of benzene rings is 2. The van der Waals surface area contributed by atoms with E-state index < -0.39 is 0 Å². The highest BCUT2D eigenvalue weighted by atomic mass is 19.1. The first-order chi connectivity index (χ1) is 12.8. The predicted octanol–water partition coefficient (Wildman–Crippen LogP) is 3.74. The first-order valence-corrected chi connectivity index (χ1v) is 9.48. The van der Waals surface area contributed by atoms with E-state index in [0.29, 0.717) is 6.04 Å². The molecule has 2 aliphatic heterocycles. The second-order valence-corrected chi connectivity index (χ2v) is 7.06. The molecule has 2 fully saturated rings. The summed E-state index contributed by atoms with van der Waals surface area (Å²) in [7, 11) is 0. The average molecular weight is 355 g/mol. The lowest BCUT2D eigenvalue weighted by Crippen LogP contribution is -2.42. The Bertz CT molecular complexity index is 733. The molecule has 0 aliphatic carbocycles. The highest BCUT2D eigenvalue weighted by Crippen LogP contribution is 2.25. The van der Waals surface area contributed by atoms with E-state index in [4.69, 9.17) is 4.74 Å². The summed E-state index contributed by atoms with van der Waals surface area (Å²) >= 11 is 0. The standard InChI is InChI=1S/C21H26FN3O/c22-17-4-1-7-20(14-17)25-9-3-6-19(16-25)23-18-5-2-8-21(15-18)24-10-12-26-13-11-24/h1-2,4-5,7-8,14-15,19,23H,3,6,9-13,16H2/t19-/m1/s1. The second-order valence-electron chi connectivity index (χ2n) is 7.06. The van der Waals surface area contributed by atoms with Gasteiger partial charge in [0, 0.05) is 49.3 Å². The molecule has 4 nitrogen and oxygen atoms in total. The van der Waals surface area contributed by atoms with Crippen molar-refractivity contribution in [3.8, 4) is 0 Å². The number of piperidine rings is 1. The summed E-state index contributed by atoms with van der Waals surface area (Å²) in [6.45, 7) is 5.35. The van der Waals surface area contributed by atoms with Crippen molar-refractivity contribution in [2.75, 3.05) is 54.5 Å². The summed E-state index contributed by atoms with van der Waals surface area (Å²) in [6, 6.07) is 15.9. The van der Waals surface area contributed by atoms with E-state index >= 15 is 0 Å². The van der Waals surface area contributed by atoms with Crippen LogP contribution < -0.4 is 15.1 Å². The van der Waals surface area contributed by atoms with Crippen LogP contribution in [0.25, 0.3) is 0 Å². The zero-order chi connectivity index (χ0) is 17.8. The van der Waals surface area contributed by atoms with E-state index in [1.165, 1.54) is 11.8 Å². The number of rotatable bonds is 4. The van der Waals surface area contributed by atoms with Crippen molar-refractivity contribution in [3.63, 3.8) is 0 Å². The van der Waals surface area contributed by atoms with Gasteiger partial charge in [0.1, 0.15) is 5.82 Å². The molecule has 1 atom stereocenters. The van der Waals surface area contributed by atoms with E-state index in [2.05, 4.69) is 39.4 Å². The molecule has 2 aromatic rings. The Kier molecular flexibility index (Phi) is 5.25. The number of nitrogens with one attached hydrogen (secondary N) is 1. The van der Waals surface area contributed by atoms with E-state index in [9.17, 15) is 4.39 Å². The zero-order valence-electron chi connectivity index (χ0n) is 15.0. The third kappa shape index (κ3) is 4.10. The van der Waals surface area contributed by atoms with Crippen LogP contribution >= 0.6 is 0 Å². The van der Waals surface area contributed by atoms with Crippen LogP contribution in [0.1, 0.15) is 12.8 Å². The molecule has 0 spiro atoms. The Morgan fingerprint density at radius 1 is 0.923 bits per heavy atom. The Morgan fingerprint density at radius 2 is 1.69 bits per heavy atom. The molecule has 5 heteroatoms. The minimum Gasteiger partial charge on any atom is -0.380 e. The molecule has 2 aliphatic rings. The smallest absolute Gasteiger partial charge is 0.125 e. The van der Waals surface area contributed by atoms with Crippen LogP contribution in [0, 0.1) is 5.82 Å². The SMILES string of the molecule is Fc1cccc(N2CCC[C@@H](Nc3cccc(N4CCOCC4)c3)C2)c1. The highest BCUT2D eigenvalue weighted by molar-refractivity contribution is 5.59. The van der Waals surface area contributed by atoms with Gasteiger partial charge in [-0.25, -0.2) is 4.39 Å². The molecule has 138 valence electrons. The zero-order valence-corrected chi connectivity index (χ0v) is 15.0. The van der Waals surface area contributed by atoms with E-state index in [1.807, 2.05) is 6.07 Å². The normalized spacial score (nSPS) is 20.9. The van der Waals surface area contributed by atoms with Crippen molar-refractivity contribution >= 4 is 17.1 Å². The van der Waals surface area contributed by atoms with Gasteiger partial charge in [0.2, 0.25) is 0 Å². The number of halogens is 1. The molecule has 0 radical (unpaired) electrons. The fourth-order valence-electron chi connectivity index (χ4n) is 3.85. The summed E-state index contributed by atoms with van der Waals surface area (Å²) < 4.78 is 19.0. The van der Waals surface area contributed by atoms with Crippen molar-refractivity contribution in [1.29, 1.82) is 0 Å². The first-order valence-electron chi connectivity index (χ1n) is 9.48. The lowest BCUT2D eigenvalue weighted by molar-refractivity contribution is 0.122. The van der Waals surface area contributed by atoms with Crippen molar-refractivity contribution in [2.45, 2.75) is 18.9 Å². The Balaban J connectivity index is 1.42. The Labute approximate surface area is 154 Å². The average Bonchev–Trinajstić information content (AvgIpc) is 2.69. The van der Waals surface area contributed by atoms with E-state index in [0.717, 1.165) is 63.6 Å². The number of hydrogen-bond donors (Lipinski definition) is 1. The van der Waals surface area contributed by atoms with Crippen LogP contribution in [-0.4, -0.2) is 45.4 Å². The lowest BCUT2D eigenvalue weighted by atomic mass is 10.0. The molecule has 1 N–H and O–H groups in total. The van der Waals surface area contributed by atoms with Crippen LogP contribution in [0.3, 0.4) is 0 Å². The number of ether oxygens (including phenoxy) is 1. The maximum absolute atomic E-state index is 13.5. The van der Waals surface area contributed by atoms with Gasteiger partial charge in [0.25, 0.3) is 0 Å². The van der Waals surface area contributed by atoms with Gasteiger partial charge in [-0.1, -0.05) is 12.1 Å². The molecule has 0 aromatic heterocycles. The van der Waals surface area contributed by atoms with Gasteiger partial charge < -0.3 is 19.9 Å². The molecule has 2 aromatic carbocycles. The van der Waals surface area contributed by atoms with Gasteiger partial charge in [0.15, 0.2) is 0 Å². The quantitative estimate of drug-likeness (QED) is 0.904. The van der Waals surface area contributed by atoms with Crippen molar-refractivity contribution in [3.05, 3.63) is 54.3 Å². The van der Waals surface area contributed by atoms with Crippen molar-refractivity contribution < 1.29 is 9.13 Å². The number of morpholine rings is 1. The largest absolute Gasteiger partial charge is 0.380 e. The van der Waals surface area contributed by atoms with Crippen LogP contribution in [0.15, 0.2) is 48.5 Å². The summed E-state index contributed by atoms with van der Waals surface area (Å²) in [4.78, 5) is 4.64. The van der Waals surface area contributed by atoms with Gasteiger partial charge in [-0.3, -0.25) is 0 Å². The molecule has 0 bridgehead atoms. The topological polar surface area (TPSA) is 27.7 Å². The summed E-state index contributed by atoms with van der Waals surface area (Å²) in [5, 5.41) is 3.68. The summed E-state index contributed by atoms with van der Waals surface area (Å²) in [6.07, 6.45) is 2.24. The molecule has 2 saturated heterocycles. The molecule has 0 unspecified atom stereocenters. The van der Waals surface area contributed by atoms with Gasteiger partial charge in [-0.2, -0.15) is 0 Å². The second kappa shape index (κ2) is 7.96. The van der Waals surface area contributed by atoms with Crippen molar-refractivity contribution in [2.24, 2.45) is 0 Å². The van der Waals surface area contributed by atoms with Gasteiger partial charge in [0.05, 0.1) is 13.2 Å². The predicted molar refractivity (Wildman–Crippen MR) is 105 cm³/mol. The fourth-order valence-corrected chi connectivity index (χ4v) is 3.85. The van der Waals surface area contributed by atoms with Crippen LogP contribution in [0.2, 0.25) is 0 Å². The molecule has 4 rings (SSSR count). The number of nitrogens with zero attached hydrogens (tertiary/aromatic N) is 2. The van der Waals surface area contributed by atoms with E-state index in [1.54, 1.807) is 12.1 Å².